The molecule has 0 aliphatic carbocycles. The largest absolute Gasteiger partial charge is 0.319 e. The van der Waals surface area contributed by atoms with Crippen LogP contribution in [0.2, 0.25) is 0 Å². The van der Waals surface area contributed by atoms with Crippen molar-refractivity contribution < 1.29 is 4.79 Å². The summed E-state index contributed by atoms with van der Waals surface area (Å²) in [5.41, 5.74) is 4.89. The van der Waals surface area contributed by atoms with Crippen molar-refractivity contribution in [3.63, 3.8) is 0 Å². The minimum Gasteiger partial charge on any atom is -0.319 e. The van der Waals surface area contributed by atoms with Gasteiger partial charge in [0.25, 0.3) is 5.91 Å². The van der Waals surface area contributed by atoms with Crippen LogP contribution in [0.4, 0.5) is 5.69 Å². The lowest BCUT2D eigenvalue weighted by Gasteiger charge is -2.10. The highest BCUT2D eigenvalue weighted by atomic mass is 16.1. The number of aromatic nitrogens is 3. The third-order valence-corrected chi connectivity index (χ3v) is 4.28. The van der Waals surface area contributed by atoms with Gasteiger partial charge in [0.15, 0.2) is 0 Å². The number of benzene rings is 1. The number of amides is 1. The van der Waals surface area contributed by atoms with Gasteiger partial charge < -0.3 is 5.32 Å². The lowest BCUT2D eigenvalue weighted by atomic mass is 10.0. The van der Waals surface area contributed by atoms with E-state index in [1.807, 2.05) is 48.9 Å². The van der Waals surface area contributed by atoms with Crippen molar-refractivity contribution in [3.8, 4) is 11.8 Å². The van der Waals surface area contributed by atoms with Crippen LogP contribution in [0.1, 0.15) is 52.6 Å². The first-order valence-corrected chi connectivity index (χ1v) is 8.84. The molecule has 0 spiro atoms. The summed E-state index contributed by atoms with van der Waals surface area (Å²) in [6.07, 6.45) is 5.11. The van der Waals surface area contributed by atoms with Crippen LogP contribution in [0.15, 0.2) is 48.9 Å². The quantitative estimate of drug-likeness (QED) is 0.716. The summed E-state index contributed by atoms with van der Waals surface area (Å²) < 4.78 is 1.88. The first-order valence-electron chi connectivity index (χ1n) is 8.84. The van der Waals surface area contributed by atoms with Crippen LogP contribution in [0.3, 0.4) is 0 Å². The van der Waals surface area contributed by atoms with E-state index in [9.17, 15) is 4.79 Å². The standard InChI is InChI=1S/C22H22N4O/c1-15(2)26-17(4)21(14-24-26)25-22(27)20-9-7-16(3)19(12-20)10-8-18-6-5-11-23-13-18/h5-7,9,11-15H,1-4H3,(H,25,27). The lowest BCUT2D eigenvalue weighted by Crippen LogP contribution is -2.13. The molecule has 3 rings (SSSR count). The summed E-state index contributed by atoms with van der Waals surface area (Å²) in [6.45, 7) is 8.03. The molecule has 0 unspecified atom stereocenters. The van der Waals surface area contributed by atoms with E-state index in [4.69, 9.17) is 0 Å². The van der Waals surface area contributed by atoms with Gasteiger partial charge in [-0.25, -0.2) is 0 Å². The van der Waals surface area contributed by atoms with Crippen molar-refractivity contribution in [3.05, 3.63) is 76.9 Å². The van der Waals surface area contributed by atoms with E-state index in [0.29, 0.717) is 5.56 Å². The van der Waals surface area contributed by atoms with Gasteiger partial charge in [0, 0.05) is 35.1 Å². The maximum atomic E-state index is 12.7. The first kappa shape index (κ1) is 18.4. The van der Waals surface area contributed by atoms with Crippen molar-refractivity contribution in [2.75, 3.05) is 5.32 Å². The molecule has 0 fully saturated rings. The van der Waals surface area contributed by atoms with Gasteiger partial charge in [-0.1, -0.05) is 17.9 Å². The molecule has 0 aliphatic heterocycles. The molecule has 1 aromatic carbocycles. The minimum atomic E-state index is -0.175. The van der Waals surface area contributed by atoms with Crippen LogP contribution in [0, 0.1) is 25.7 Å². The Labute approximate surface area is 159 Å². The highest BCUT2D eigenvalue weighted by Crippen LogP contribution is 2.19. The van der Waals surface area contributed by atoms with E-state index >= 15 is 0 Å². The molecule has 0 bridgehead atoms. The lowest BCUT2D eigenvalue weighted by molar-refractivity contribution is 0.102. The van der Waals surface area contributed by atoms with Crippen LogP contribution in [0.5, 0.6) is 0 Å². The zero-order valence-electron chi connectivity index (χ0n) is 15.9. The number of pyridine rings is 1. The molecule has 0 radical (unpaired) electrons. The molecule has 1 amide bonds. The molecular weight excluding hydrogens is 336 g/mol. The van der Waals surface area contributed by atoms with E-state index in [0.717, 1.165) is 28.1 Å². The van der Waals surface area contributed by atoms with Crippen molar-refractivity contribution >= 4 is 11.6 Å². The van der Waals surface area contributed by atoms with E-state index in [1.54, 1.807) is 18.6 Å². The molecule has 0 saturated heterocycles. The predicted octanol–water partition coefficient (Wildman–Crippen LogP) is 4.13. The zero-order valence-corrected chi connectivity index (χ0v) is 15.9. The topological polar surface area (TPSA) is 59.8 Å². The summed E-state index contributed by atoms with van der Waals surface area (Å²) >= 11 is 0. The number of hydrogen-bond acceptors (Lipinski definition) is 3. The molecule has 27 heavy (non-hydrogen) atoms. The highest BCUT2D eigenvalue weighted by molar-refractivity contribution is 6.04. The van der Waals surface area contributed by atoms with Crippen LogP contribution in [-0.2, 0) is 0 Å². The van der Waals surface area contributed by atoms with Gasteiger partial charge in [0.2, 0.25) is 0 Å². The summed E-state index contributed by atoms with van der Waals surface area (Å²) in [7, 11) is 0. The van der Waals surface area contributed by atoms with Crippen LogP contribution in [0.25, 0.3) is 0 Å². The summed E-state index contributed by atoms with van der Waals surface area (Å²) in [5, 5.41) is 7.27. The fourth-order valence-electron chi connectivity index (χ4n) is 2.74. The Hall–Kier alpha value is -3.39. The average Bonchev–Trinajstić information content (AvgIpc) is 3.02. The van der Waals surface area contributed by atoms with Crippen LogP contribution < -0.4 is 5.32 Å². The molecule has 2 heterocycles. The van der Waals surface area contributed by atoms with E-state index in [-0.39, 0.29) is 11.9 Å². The zero-order chi connectivity index (χ0) is 19.4. The number of anilines is 1. The van der Waals surface area contributed by atoms with Crippen LogP contribution >= 0.6 is 0 Å². The fourth-order valence-corrected chi connectivity index (χ4v) is 2.74. The van der Waals surface area contributed by atoms with Crippen molar-refractivity contribution in [2.45, 2.75) is 33.7 Å². The van der Waals surface area contributed by atoms with E-state index < -0.39 is 0 Å². The normalized spacial score (nSPS) is 10.4. The third kappa shape index (κ3) is 4.24. The van der Waals surface area contributed by atoms with E-state index in [1.165, 1.54) is 0 Å². The van der Waals surface area contributed by atoms with Gasteiger partial charge in [-0.05, 0) is 57.5 Å². The Kier molecular flexibility index (Phi) is 5.37. The predicted molar refractivity (Wildman–Crippen MR) is 107 cm³/mol. The number of carbonyl (C=O) groups is 1. The molecule has 1 N–H and O–H groups in total. The molecule has 5 heteroatoms. The Morgan fingerprint density at radius 1 is 1.15 bits per heavy atom. The molecular formula is C22H22N4O. The van der Waals surface area contributed by atoms with Crippen LogP contribution in [-0.4, -0.2) is 20.7 Å². The molecule has 3 aromatic rings. The first-order chi connectivity index (χ1) is 13.0. The number of hydrogen-bond donors (Lipinski definition) is 1. The molecule has 0 aliphatic rings. The maximum absolute atomic E-state index is 12.7. The summed E-state index contributed by atoms with van der Waals surface area (Å²) in [4.78, 5) is 16.7. The number of nitrogens with one attached hydrogen (secondary N) is 1. The van der Waals surface area contributed by atoms with Gasteiger partial charge in [0.1, 0.15) is 0 Å². The van der Waals surface area contributed by atoms with Crippen molar-refractivity contribution in [1.82, 2.24) is 14.8 Å². The smallest absolute Gasteiger partial charge is 0.255 e. The second-order valence-electron chi connectivity index (χ2n) is 6.66. The summed E-state index contributed by atoms with van der Waals surface area (Å²) in [5.74, 6) is 6.04. The summed E-state index contributed by atoms with van der Waals surface area (Å²) in [6, 6.07) is 9.52. The Balaban J connectivity index is 1.83. The van der Waals surface area contributed by atoms with Gasteiger partial charge in [-0.3, -0.25) is 14.5 Å². The van der Waals surface area contributed by atoms with E-state index in [2.05, 4.69) is 41.1 Å². The maximum Gasteiger partial charge on any atom is 0.255 e. The van der Waals surface area contributed by atoms with Crippen molar-refractivity contribution in [1.29, 1.82) is 0 Å². The fraction of sp³-hybridized carbons (Fsp3) is 0.227. The molecule has 0 saturated carbocycles. The second kappa shape index (κ2) is 7.88. The average molecular weight is 358 g/mol. The van der Waals surface area contributed by atoms with Gasteiger partial charge in [-0.2, -0.15) is 5.10 Å². The number of aryl methyl sites for hydroxylation is 1. The van der Waals surface area contributed by atoms with Gasteiger partial charge in [-0.15, -0.1) is 0 Å². The Morgan fingerprint density at radius 2 is 1.96 bits per heavy atom. The van der Waals surface area contributed by atoms with Gasteiger partial charge >= 0.3 is 0 Å². The number of carbonyl (C=O) groups excluding carboxylic acids is 1. The molecule has 136 valence electrons. The number of nitrogens with zero attached hydrogens (tertiary/aromatic N) is 3. The second-order valence-corrected chi connectivity index (χ2v) is 6.66. The monoisotopic (exact) mass is 358 g/mol. The Bertz CT molecular complexity index is 1020. The highest BCUT2D eigenvalue weighted by Gasteiger charge is 2.13. The third-order valence-electron chi connectivity index (χ3n) is 4.28. The van der Waals surface area contributed by atoms with Crippen molar-refractivity contribution in [2.24, 2.45) is 0 Å². The SMILES string of the molecule is Cc1ccc(C(=O)Nc2cnn(C(C)C)c2C)cc1C#Cc1cccnc1. The molecule has 5 nitrogen and oxygen atoms in total. The molecule has 0 atom stereocenters. The van der Waals surface area contributed by atoms with Gasteiger partial charge in [0.05, 0.1) is 17.6 Å². The molecule has 2 aromatic heterocycles. The number of rotatable bonds is 3. The Morgan fingerprint density at radius 3 is 2.63 bits per heavy atom. The minimum absolute atomic E-state index is 0.175.